The van der Waals surface area contributed by atoms with Crippen molar-refractivity contribution in [2.24, 2.45) is 11.3 Å². The molecule has 1 aliphatic carbocycles. The minimum Gasteiger partial charge on any atom is -0.396 e. The van der Waals surface area contributed by atoms with Gasteiger partial charge in [0.1, 0.15) is 0 Å². The van der Waals surface area contributed by atoms with Gasteiger partial charge < -0.3 is 10.4 Å². The fraction of sp³-hybridized carbons (Fsp3) is 1.00. The smallest absolute Gasteiger partial charge is 0.0431 e. The van der Waals surface area contributed by atoms with Crippen LogP contribution in [-0.4, -0.2) is 24.8 Å². The second kappa shape index (κ2) is 7.29. The standard InChI is InChI=1S/C14H29NO/c1-13(2)11-14(7-3-4-8-14)12-15-9-5-6-10-16/h13,15-16H,3-12H2,1-2H3. The highest BCUT2D eigenvalue weighted by atomic mass is 16.2. The number of hydrogen-bond donors (Lipinski definition) is 2. The lowest BCUT2D eigenvalue weighted by Crippen LogP contribution is -2.33. The van der Waals surface area contributed by atoms with Crippen LogP contribution < -0.4 is 5.32 Å². The Bertz CT molecular complexity index is 174. The van der Waals surface area contributed by atoms with Crippen molar-refractivity contribution in [2.75, 3.05) is 19.7 Å². The van der Waals surface area contributed by atoms with E-state index >= 15 is 0 Å². The van der Waals surface area contributed by atoms with Gasteiger partial charge in [-0.2, -0.15) is 0 Å². The first-order valence-corrected chi connectivity index (χ1v) is 7.00. The van der Waals surface area contributed by atoms with E-state index in [9.17, 15) is 0 Å². The number of rotatable bonds is 8. The summed E-state index contributed by atoms with van der Waals surface area (Å²) in [6.45, 7) is 7.27. The summed E-state index contributed by atoms with van der Waals surface area (Å²) in [5.74, 6) is 0.817. The predicted octanol–water partition coefficient (Wildman–Crippen LogP) is 2.96. The minimum atomic E-state index is 0.332. The van der Waals surface area contributed by atoms with E-state index in [1.165, 1.54) is 38.6 Å². The number of hydrogen-bond acceptors (Lipinski definition) is 2. The van der Waals surface area contributed by atoms with Crippen LogP contribution in [0.4, 0.5) is 0 Å². The van der Waals surface area contributed by atoms with Gasteiger partial charge in [-0.25, -0.2) is 0 Å². The van der Waals surface area contributed by atoms with E-state index in [1.54, 1.807) is 0 Å². The van der Waals surface area contributed by atoms with Crippen LogP contribution in [0, 0.1) is 11.3 Å². The van der Waals surface area contributed by atoms with E-state index in [2.05, 4.69) is 19.2 Å². The van der Waals surface area contributed by atoms with E-state index in [-0.39, 0.29) is 0 Å². The molecule has 0 spiro atoms. The average molecular weight is 227 g/mol. The maximum atomic E-state index is 8.72. The van der Waals surface area contributed by atoms with E-state index in [4.69, 9.17) is 5.11 Å². The third kappa shape index (κ3) is 4.84. The van der Waals surface area contributed by atoms with Crippen molar-refractivity contribution >= 4 is 0 Å². The second-order valence-corrected chi connectivity index (χ2v) is 5.91. The SMILES string of the molecule is CC(C)CC1(CNCCCCO)CCCC1. The molecule has 0 atom stereocenters. The summed E-state index contributed by atoms with van der Waals surface area (Å²) < 4.78 is 0. The highest BCUT2D eigenvalue weighted by Gasteiger charge is 2.33. The Labute approximate surface area is 101 Å². The zero-order valence-corrected chi connectivity index (χ0v) is 11.1. The van der Waals surface area contributed by atoms with Crippen molar-refractivity contribution in [2.45, 2.75) is 58.8 Å². The van der Waals surface area contributed by atoms with Crippen LogP contribution in [0.15, 0.2) is 0 Å². The molecule has 0 heterocycles. The van der Waals surface area contributed by atoms with Gasteiger partial charge in [-0.05, 0) is 50.0 Å². The zero-order valence-electron chi connectivity index (χ0n) is 11.1. The van der Waals surface area contributed by atoms with Gasteiger partial charge in [0, 0.05) is 13.2 Å². The van der Waals surface area contributed by atoms with Gasteiger partial charge in [0.2, 0.25) is 0 Å². The molecule has 0 saturated heterocycles. The van der Waals surface area contributed by atoms with Gasteiger partial charge >= 0.3 is 0 Å². The summed E-state index contributed by atoms with van der Waals surface area (Å²) in [5.41, 5.74) is 0.591. The normalized spacial score (nSPS) is 19.5. The molecule has 1 fully saturated rings. The second-order valence-electron chi connectivity index (χ2n) is 5.91. The third-order valence-corrected chi connectivity index (χ3v) is 3.77. The Morgan fingerprint density at radius 3 is 2.44 bits per heavy atom. The topological polar surface area (TPSA) is 32.3 Å². The maximum absolute atomic E-state index is 8.72. The highest BCUT2D eigenvalue weighted by Crippen LogP contribution is 2.42. The molecule has 0 amide bonds. The first-order valence-electron chi connectivity index (χ1n) is 7.00. The van der Waals surface area contributed by atoms with E-state index < -0.39 is 0 Å². The van der Waals surface area contributed by atoms with Crippen molar-refractivity contribution < 1.29 is 5.11 Å². The number of nitrogens with one attached hydrogen (secondary N) is 1. The maximum Gasteiger partial charge on any atom is 0.0431 e. The molecule has 1 aliphatic rings. The molecule has 0 radical (unpaired) electrons. The Hall–Kier alpha value is -0.0800. The molecule has 0 aromatic carbocycles. The van der Waals surface area contributed by atoms with Gasteiger partial charge in [-0.1, -0.05) is 26.7 Å². The Balaban J connectivity index is 2.22. The zero-order chi connectivity index (χ0) is 11.9. The van der Waals surface area contributed by atoms with Crippen LogP contribution in [0.5, 0.6) is 0 Å². The van der Waals surface area contributed by atoms with Crippen LogP contribution in [0.25, 0.3) is 0 Å². The summed E-state index contributed by atoms with van der Waals surface area (Å²) in [7, 11) is 0. The van der Waals surface area contributed by atoms with Gasteiger partial charge in [-0.3, -0.25) is 0 Å². The lowest BCUT2D eigenvalue weighted by molar-refractivity contribution is 0.222. The van der Waals surface area contributed by atoms with E-state index in [0.29, 0.717) is 12.0 Å². The van der Waals surface area contributed by atoms with Crippen LogP contribution in [0.2, 0.25) is 0 Å². The lowest BCUT2D eigenvalue weighted by Gasteiger charge is -2.31. The average Bonchev–Trinajstić information content (AvgIpc) is 2.65. The van der Waals surface area contributed by atoms with Crippen molar-refractivity contribution in [3.8, 4) is 0 Å². The first-order chi connectivity index (χ1) is 7.68. The Kier molecular flexibility index (Phi) is 6.37. The molecule has 16 heavy (non-hydrogen) atoms. The summed E-state index contributed by atoms with van der Waals surface area (Å²) in [6, 6.07) is 0. The van der Waals surface area contributed by atoms with E-state index in [1.807, 2.05) is 0 Å². The minimum absolute atomic E-state index is 0.332. The van der Waals surface area contributed by atoms with Crippen LogP contribution in [-0.2, 0) is 0 Å². The van der Waals surface area contributed by atoms with Crippen LogP contribution >= 0.6 is 0 Å². The number of aliphatic hydroxyl groups is 1. The quantitative estimate of drug-likeness (QED) is 0.625. The van der Waals surface area contributed by atoms with Crippen molar-refractivity contribution in [3.63, 3.8) is 0 Å². The molecule has 0 aromatic heterocycles. The fourth-order valence-electron chi connectivity index (χ4n) is 3.16. The molecule has 0 aromatic rings. The Morgan fingerprint density at radius 2 is 1.88 bits per heavy atom. The summed E-state index contributed by atoms with van der Waals surface area (Å²) in [6.07, 6.45) is 9.09. The van der Waals surface area contributed by atoms with Crippen LogP contribution in [0.3, 0.4) is 0 Å². The molecule has 1 saturated carbocycles. The van der Waals surface area contributed by atoms with Crippen molar-refractivity contribution in [1.29, 1.82) is 0 Å². The molecule has 2 heteroatoms. The van der Waals surface area contributed by atoms with Crippen molar-refractivity contribution in [1.82, 2.24) is 5.32 Å². The molecular weight excluding hydrogens is 198 g/mol. The van der Waals surface area contributed by atoms with Gasteiger partial charge in [-0.15, -0.1) is 0 Å². The molecule has 1 rings (SSSR count). The molecule has 2 N–H and O–H groups in total. The first kappa shape index (κ1) is 14.0. The Morgan fingerprint density at radius 1 is 1.19 bits per heavy atom. The molecule has 96 valence electrons. The summed E-state index contributed by atoms with van der Waals surface area (Å²) in [4.78, 5) is 0. The molecular formula is C14H29NO. The third-order valence-electron chi connectivity index (χ3n) is 3.77. The lowest BCUT2D eigenvalue weighted by atomic mass is 9.78. The predicted molar refractivity (Wildman–Crippen MR) is 69.5 cm³/mol. The van der Waals surface area contributed by atoms with Gasteiger partial charge in [0.05, 0.1) is 0 Å². The molecule has 0 bridgehead atoms. The summed E-state index contributed by atoms with van der Waals surface area (Å²) in [5, 5.41) is 12.3. The monoisotopic (exact) mass is 227 g/mol. The fourth-order valence-corrected chi connectivity index (χ4v) is 3.16. The van der Waals surface area contributed by atoms with Gasteiger partial charge in [0.25, 0.3) is 0 Å². The largest absolute Gasteiger partial charge is 0.396 e. The van der Waals surface area contributed by atoms with Crippen LogP contribution in [0.1, 0.15) is 58.8 Å². The molecule has 0 unspecified atom stereocenters. The van der Waals surface area contributed by atoms with Crippen molar-refractivity contribution in [3.05, 3.63) is 0 Å². The van der Waals surface area contributed by atoms with E-state index in [0.717, 1.165) is 25.3 Å². The molecule has 2 nitrogen and oxygen atoms in total. The number of aliphatic hydroxyl groups excluding tert-OH is 1. The molecule has 0 aliphatic heterocycles. The van der Waals surface area contributed by atoms with Gasteiger partial charge in [0.15, 0.2) is 0 Å². The highest BCUT2D eigenvalue weighted by molar-refractivity contribution is 4.87. The number of unbranched alkanes of at least 4 members (excludes halogenated alkanes) is 1. The summed E-state index contributed by atoms with van der Waals surface area (Å²) >= 11 is 0.